The van der Waals surface area contributed by atoms with E-state index in [4.69, 9.17) is 0 Å². The summed E-state index contributed by atoms with van der Waals surface area (Å²) in [5, 5.41) is 6.89. The highest BCUT2D eigenvalue weighted by molar-refractivity contribution is 5.94. The lowest BCUT2D eigenvalue weighted by atomic mass is 10.1. The third-order valence-corrected chi connectivity index (χ3v) is 2.62. The molecular formula is C13H14FN3O. The fraction of sp³-hybridized carbons (Fsp3) is 0.231. The molecule has 0 aliphatic heterocycles. The van der Waals surface area contributed by atoms with Gasteiger partial charge in [0.2, 0.25) is 0 Å². The minimum atomic E-state index is -0.309. The maximum absolute atomic E-state index is 13.1. The van der Waals surface area contributed by atoms with Gasteiger partial charge in [-0.2, -0.15) is 5.10 Å². The number of nitrogens with one attached hydrogen (secondary N) is 1. The van der Waals surface area contributed by atoms with Crippen LogP contribution in [0.2, 0.25) is 0 Å². The first-order valence-electron chi connectivity index (χ1n) is 5.59. The minimum Gasteiger partial charge on any atom is -0.346 e. The van der Waals surface area contributed by atoms with Crippen LogP contribution in [0.1, 0.15) is 21.6 Å². The fourth-order valence-corrected chi connectivity index (χ4v) is 1.62. The Balaban J connectivity index is 2.01. The third-order valence-electron chi connectivity index (χ3n) is 2.62. The van der Waals surface area contributed by atoms with Crippen LogP contribution >= 0.6 is 0 Å². The molecule has 1 heterocycles. The first kappa shape index (κ1) is 12.3. The summed E-state index contributed by atoms with van der Waals surface area (Å²) in [5.41, 5.74) is 1.69. The Morgan fingerprint density at radius 2 is 2.22 bits per heavy atom. The second kappa shape index (κ2) is 5.00. The molecule has 1 aromatic carbocycles. The van der Waals surface area contributed by atoms with E-state index >= 15 is 0 Å². The second-order valence-electron chi connectivity index (χ2n) is 4.13. The van der Waals surface area contributed by atoms with Gasteiger partial charge < -0.3 is 5.32 Å². The summed E-state index contributed by atoms with van der Waals surface area (Å²) in [6.07, 6.45) is 1.81. The molecule has 0 fully saturated rings. The lowest BCUT2D eigenvalue weighted by Crippen LogP contribution is -2.23. The maximum atomic E-state index is 13.1. The van der Waals surface area contributed by atoms with E-state index in [1.54, 1.807) is 11.6 Å². The average Bonchev–Trinajstić information content (AvgIpc) is 2.75. The number of nitrogens with zero attached hydrogens (tertiary/aromatic N) is 2. The van der Waals surface area contributed by atoms with Crippen molar-refractivity contribution < 1.29 is 9.18 Å². The summed E-state index contributed by atoms with van der Waals surface area (Å²) in [6, 6.07) is 6.13. The van der Waals surface area contributed by atoms with Crippen LogP contribution in [-0.2, 0) is 13.6 Å². The van der Waals surface area contributed by atoms with Crippen molar-refractivity contribution in [2.75, 3.05) is 0 Å². The topological polar surface area (TPSA) is 46.9 Å². The quantitative estimate of drug-likeness (QED) is 0.899. The molecule has 4 nitrogen and oxygen atoms in total. The van der Waals surface area contributed by atoms with Crippen molar-refractivity contribution in [3.63, 3.8) is 0 Å². The van der Waals surface area contributed by atoms with Crippen LogP contribution in [0.5, 0.6) is 0 Å². The van der Waals surface area contributed by atoms with E-state index in [1.165, 1.54) is 18.2 Å². The monoisotopic (exact) mass is 247 g/mol. The summed E-state index contributed by atoms with van der Waals surface area (Å²) in [6.45, 7) is 1.99. The summed E-state index contributed by atoms with van der Waals surface area (Å²) >= 11 is 0. The zero-order chi connectivity index (χ0) is 13.1. The first-order valence-corrected chi connectivity index (χ1v) is 5.59. The van der Waals surface area contributed by atoms with E-state index in [2.05, 4.69) is 10.4 Å². The van der Waals surface area contributed by atoms with E-state index in [-0.39, 0.29) is 11.7 Å². The lowest BCUT2D eigenvalue weighted by Gasteiger charge is -2.04. The molecule has 5 heteroatoms. The van der Waals surface area contributed by atoms with Crippen molar-refractivity contribution in [2.24, 2.45) is 7.05 Å². The number of aryl methyl sites for hydroxylation is 2. The number of benzene rings is 1. The van der Waals surface area contributed by atoms with Gasteiger partial charge >= 0.3 is 0 Å². The van der Waals surface area contributed by atoms with E-state index in [0.717, 1.165) is 5.69 Å². The number of carbonyl (C=O) groups excluding carboxylic acids is 1. The number of hydrogen-bond donors (Lipinski definition) is 1. The van der Waals surface area contributed by atoms with E-state index in [0.29, 0.717) is 17.7 Å². The van der Waals surface area contributed by atoms with Gasteiger partial charge in [0.1, 0.15) is 5.82 Å². The van der Waals surface area contributed by atoms with E-state index in [1.807, 2.05) is 19.3 Å². The average molecular weight is 247 g/mol. The van der Waals surface area contributed by atoms with Gasteiger partial charge in [-0.05, 0) is 36.8 Å². The molecule has 94 valence electrons. The number of hydrogen-bond acceptors (Lipinski definition) is 2. The van der Waals surface area contributed by atoms with Crippen molar-refractivity contribution in [1.29, 1.82) is 0 Å². The van der Waals surface area contributed by atoms with Crippen molar-refractivity contribution in [3.05, 3.63) is 53.1 Å². The Kier molecular flexibility index (Phi) is 3.41. The number of halogens is 1. The predicted molar refractivity (Wildman–Crippen MR) is 65.5 cm³/mol. The van der Waals surface area contributed by atoms with Gasteiger partial charge in [-0.3, -0.25) is 9.48 Å². The predicted octanol–water partition coefficient (Wildman–Crippen LogP) is 1.80. The Morgan fingerprint density at radius 1 is 1.44 bits per heavy atom. The normalized spacial score (nSPS) is 10.4. The standard InChI is InChI=1S/C13H14FN3O/c1-9-7-10(3-4-12(9)14)13(18)15-8-11-5-6-17(2)16-11/h3-7H,8H2,1-2H3,(H,15,18). The Morgan fingerprint density at radius 3 is 2.83 bits per heavy atom. The highest BCUT2D eigenvalue weighted by atomic mass is 19.1. The van der Waals surface area contributed by atoms with Crippen LogP contribution in [-0.4, -0.2) is 15.7 Å². The molecule has 18 heavy (non-hydrogen) atoms. The van der Waals surface area contributed by atoms with Gasteiger partial charge in [0, 0.05) is 18.8 Å². The van der Waals surface area contributed by atoms with Crippen LogP contribution in [0, 0.1) is 12.7 Å². The molecule has 1 aromatic heterocycles. The fourth-order valence-electron chi connectivity index (χ4n) is 1.62. The molecule has 2 aromatic rings. The van der Waals surface area contributed by atoms with Crippen molar-refractivity contribution in [1.82, 2.24) is 15.1 Å². The van der Waals surface area contributed by atoms with Crippen molar-refractivity contribution in [3.8, 4) is 0 Å². The molecule has 1 N–H and O–H groups in total. The molecule has 0 unspecified atom stereocenters. The molecule has 0 atom stereocenters. The first-order chi connectivity index (χ1) is 8.56. The molecule has 0 aliphatic carbocycles. The molecule has 0 aliphatic rings. The van der Waals surface area contributed by atoms with Crippen LogP contribution in [0.15, 0.2) is 30.5 Å². The lowest BCUT2D eigenvalue weighted by molar-refractivity contribution is 0.0950. The molecule has 0 saturated carbocycles. The molecule has 2 rings (SSSR count). The maximum Gasteiger partial charge on any atom is 0.251 e. The van der Waals surface area contributed by atoms with Gasteiger partial charge in [0.05, 0.1) is 12.2 Å². The van der Waals surface area contributed by atoms with Crippen molar-refractivity contribution >= 4 is 5.91 Å². The van der Waals surface area contributed by atoms with Crippen LogP contribution in [0.25, 0.3) is 0 Å². The Bertz CT molecular complexity index is 577. The summed E-state index contributed by atoms with van der Waals surface area (Å²) in [4.78, 5) is 11.8. The van der Waals surface area contributed by atoms with Gasteiger partial charge in [-0.25, -0.2) is 4.39 Å². The van der Waals surface area contributed by atoms with Crippen LogP contribution in [0.4, 0.5) is 4.39 Å². The summed E-state index contributed by atoms with van der Waals surface area (Å²) < 4.78 is 14.7. The number of carbonyl (C=O) groups is 1. The SMILES string of the molecule is Cc1cc(C(=O)NCc2ccn(C)n2)ccc1F. The van der Waals surface area contributed by atoms with E-state index in [9.17, 15) is 9.18 Å². The largest absolute Gasteiger partial charge is 0.346 e. The summed E-state index contributed by atoms with van der Waals surface area (Å²) in [7, 11) is 1.81. The van der Waals surface area contributed by atoms with Gasteiger partial charge in [0.25, 0.3) is 5.91 Å². The highest BCUT2D eigenvalue weighted by Gasteiger charge is 2.08. The molecule has 0 bridgehead atoms. The molecule has 1 amide bonds. The molecule has 0 spiro atoms. The Labute approximate surface area is 104 Å². The third kappa shape index (κ3) is 2.74. The molecule has 0 radical (unpaired) electrons. The number of aromatic nitrogens is 2. The molecule has 0 saturated heterocycles. The van der Waals surface area contributed by atoms with Gasteiger partial charge in [0.15, 0.2) is 0 Å². The molecular weight excluding hydrogens is 233 g/mol. The van der Waals surface area contributed by atoms with E-state index < -0.39 is 0 Å². The van der Waals surface area contributed by atoms with Crippen molar-refractivity contribution in [2.45, 2.75) is 13.5 Å². The van der Waals surface area contributed by atoms with Crippen LogP contribution < -0.4 is 5.32 Å². The Hall–Kier alpha value is -2.17. The van der Waals surface area contributed by atoms with Gasteiger partial charge in [-0.15, -0.1) is 0 Å². The summed E-state index contributed by atoms with van der Waals surface area (Å²) in [5.74, 6) is -0.542. The highest BCUT2D eigenvalue weighted by Crippen LogP contribution is 2.09. The number of amides is 1. The van der Waals surface area contributed by atoms with Gasteiger partial charge in [-0.1, -0.05) is 0 Å². The van der Waals surface area contributed by atoms with Crippen LogP contribution in [0.3, 0.4) is 0 Å². The second-order valence-corrected chi connectivity index (χ2v) is 4.13. The zero-order valence-electron chi connectivity index (χ0n) is 10.3. The smallest absolute Gasteiger partial charge is 0.251 e. The number of rotatable bonds is 3. The zero-order valence-corrected chi connectivity index (χ0v) is 10.3. The minimum absolute atomic E-state index is 0.233.